The van der Waals surface area contributed by atoms with Gasteiger partial charge in [0.15, 0.2) is 0 Å². The highest BCUT2D eigenvalue weighted by Crippen LogP contribution is 2.28. The summed E-state index contributed by atoms with van der Waals surface area (Å²) in [4.78, 5) is 35.5. The lowest BCUT2D eigenvalue weighted by molar-refractivity contribution is -0.143. The molecule has 0 aromatic rings. The van der Waals surface area contributed by atoms with Crippen molar-refractivity contribution in [3.8, 4) is 0 Å². The van der Waals surface area contributed by atoms with Gasteiger partial charge in [0, 0.05) is 20.1 Å². The van der Waals surface area contributed by atoms with E-state index in [2.05, 4.69) is 10.6 Å². The van der Waals surface area contributed by atoms with Crippen molar-refractivity contribution in [2.75, 3.05) is 26.7 Å². The van der Waals surface area contributed by atoms with Crippen LogP contribution in [0.5, 0.6) is 0 Å². The molecule has 120 valence electrons. The fourth-order valence-corrected chi connectivity index (χ4v) is 2.38. The highest BCUT2D eigenvalue weighted by atomic mass is 16.4. The molecule has 1 rings (SSSR count). The maximum absolute atomic E-state index is 11.6. The van der Waals surface area contributed by atoms with Crippen molar-refractivity contribution < 1.29 is 19.5 Å². The summed E-state index contributed by atoms with van der Waals surface area (Å²) in [7, 11) is 1.68. The third kappa shape index (κ3) is 6.01. The maximum Gasteiger partial charge on any atom is 0.315 e. The average Bonchev–Trinajstić information content (AvgIpc) is 2.49. The standard InChI is InChI=1S/C14H25N3O4/c1-3-17(2)12(18)9-16-14(21)15-8-10-4-6-11(7-5-10)13(19)20/h10-11H,3-9H2,1-2H3,(H,19,20)(H2,15,16,21). The smallest absolute Gasteiger partial charge is 0.315 e. The lowest BCUT2D eigenvalue weighted by Gasteiger charge is -2.26. The Morgan fingerprint density at radius 2 is 1.76 bits per heavy atom. The number of likely N-dealkylation sites (N-methyl/N-ethyl adjacent to an activating group) is 1. The monoisotopic (exact) mass is 299 g/mol. The molecule has 7 heteroatoms. The van der Waals surface area contributed by atoms with Crippen LogP contribution in [0.25, 0.3) is 0 Å². The van der Waals surface area contributed by atoms with Crippen LogP contribution in [-0.4, -0.2) is 54.6 Å². The minimum atomic E-state index is -0.724. The number of carboxylic acid groups (broad SMARTS) is 1. The van der Waals surface area contributed by atoms with Gasteiger partial charge in [-0.2, -0.15) is 0 Å². The van der Waals surface area contributed by atoms with Crippen molar-refractivity contribution in [2.45, 2.75) is 32.6 Å². The van der Waals surface area contributed by atoms with E-state index in [4.69, 9.17) is 5.11 Å². The van der Waals surface area contributed by atoms with Gasteiger partial charge in [0.2, 0.25) is 5.91 Å². The predicted molar refractivity (Wildman–Crippen MR) is 77.8 cm³/mol. The first-order valence-corrected chi connectivity index (χ1v) is 7.42. The molecule has 0 aliphatic heterocycles. The molecule has 0 saturated heterocycles. The van der Waals surface area contributed by atoms with Crippen molar-refractivity contribution in [3.63, 3.8) is 0 Å². The lowest BCUT2D eigenvalue weighted by atomic mass is 9.82. The zero-order valence-corrected chi connectivity index (χ0v) is 12.7. The van der Waals surface area contributed by atoms with Crippen LogP contribution in [0, 0.1) is 11.8 Å². The summed E-state index contributed by atoms with van der Waals surface area (Å²) in [6.07, 6.45) is 2.97. The molecule has 1 aliphatic rings. The van der Waals surface area contributed by atoms with Gasteiger partial charge in [-0.25, -0.2) is 4.79 Å². The molecule has 0 radical (unpaired) electrons. The number of rotatable bonds is 6. The Hall–Kier alpha value is -1.79. The SMILES string of the molecule is CCN(C)C(=O)CNC(=O)NCC1CCC(C(=O)O)CC1. The van der Waals surface area contributed by atoms with Crippen molar-refractivity contribution in [2.24, 2.45) is 11.8 Å². The van der Waals surface area contributed by atoms with Gasteiger partial charge in [0.1, 0.15) is 0 Å². The molecule has 0 unspecified atom stereocenters. The van der Waals surface area contributed by atoms with E-state index in [1.165, 1.54) is 4.90 Å². The molecular weight excluding hydrogens is 274 g/mol. The van der Waals surface area contributed by atoms with E-state index in [0.29, 0.717) is 31.8 Å². The van der Waals surface area contributed by atoms with Crippen LogP contribution < -0.4 is 10.6 Å². The largest absolute Gasteiger partial charge is 0.481 e. The molecule has 0 aromatic carbocycles. The van der Waals surface area contributed by atoms with Gasteiger partial charge in [-0.05, 0) is 38.5 Å². The van der Waals surface area contributed by atoms with Gasteiger partial charge in [0.05, 0.1) is 12.5 Å². The third-order valence-corrected chi connectivity index (χ3v) is 4.05. The molecule has 1 aliphatic carbocycles. The number of nitrogens with zero attached hydrogens (tertiary/aromatic N) is 1. The Balaban J connectivity index is 2.17. The van der Waals surface area contributed by atoms with Crippen LogP contribution in [0.1, 0.15) is 32.6 Å². The van der Waals surface area contributed by atoms with Crippen LogP contribution in [-0.2, 0) is 9.59 Å². The summed E-state index contributed by atoms with van der Waals surface area (Å²) >= 11 is 0. The number of carboxylic acids is 1. The molecule has 3 amide bonds. The Kier molecular flexibility index (Phi) is 6.98. The first-order chi connectivity index (χ1) is 9.93. The lowest BCUT2D eigenvalue weighted by Crippen LogP contribution is -2.44. The third-order valence-electron chi connectivity index (χ3n) is 4.05. The zero-order chi connectivity index (χ0) is 15.8. The van der Waals surface area contributed by atoms with Crippen LogP contribution in [0.2, 0.25) is 0 Å². The number of amides is 3. The summed E-state index contributed by atoms with van der Waals surface area (Å²) < 4.78 is 0. The number of urea groups is 1. The maximum atomic E-state index is 11.6. The number of aliphatic carboxylic acids is 1. The van der Waals surface area contributed by atoms with E-state index >= 15 is 0 Å². The molecule has 0 atom stereocenters. The molecule has 1 saturated carbocycles. The second kappa shape index (κ2) is 8.49. The molecule has 3 N–H and O–H groups in total. The number of carbonyl (C=O) groups excluding carboxylic acids is 2. The van der Waals surface area contributed by atoms with E-state index < -0.39 is 5.97 Å². The van der Waals surface area contributed by atoms with E-state index in [1.807, 2.05) is 6.92 Å². The summed E-state index contributed by atoms with van der Waals surface area (Å²) in [6, 6.07) is -0.354. The van der Waals surface area contributed by atoms with E-state index in [0.717, 1.165) is 12.8 Å². The molecule has 0 heterocycles. The zero-order valence-electron chi connectivity index (χ0n) is 12.7. The highest BCUT2D eigenvalue weighted by Gasteiger charge is 2.25. The van der Waals surface area contributed by atoms with Crippen molar-refractivity contribution in [1.29, 1.82) is 0 Å². The van der Waals surface area contributed by atoms with E-state index in [-0.39, 0.29) is 24.4 Å². The molecule has 0 spiro atoms. The van der Waals surface area contributed by atoms with Crippen LogP contribution >= 0.6 is 0 Å². The summed E-state index contributed by atoms with van der Waals surface area (Å²) in [5, 5.41) is 14.2. The minimum Gasteiger partial charge on any atom is -0.481 e. The summed E-state index contributed by atoms with van der Waals surface area (Å²) in [5.74, 6) is -0.773. The Labute approximate surface area is 125 Å². The van der Waals surface area contributed by atoms with Gasteiger partial charge in [0.25, 0.3) is 0 Å². The van der Waals surface area contributed by atoms with Gasteiger partial charge in [-0.1, -0.05) is 0 Å². The molecule has 0 aromatic heterocycles. The van der Waals surface area contributed by atoms with Gasteiger partial charge in [-0.15, -0.1) is 0 Å². The molecule has 0 bridgehead atoms. The van der Waals surface area contributed by atoms with Crippen molar-refractivity contribution in [1.82, 2.24) is 15.5 Å². The van der Waals surface area contributed by atoms with Crippen LogP contribution in [0.3, 0.4) is 0 Å². The van der Waals surface area contributed by atoms with E-state index in [1.54, 1.807) is 7.05 Å². The van der Waals surface area contributed by atoms with E-state index in [9.17, 15) is 14.4 Å². The molecule has 7 nitrogen and oxygen atoms in total. The van der Waals surface area contributed by atoms with Gasteiger partial charge < -0.3 is 20.6 Å². The molecule has 1 fully saturated rings. The second-order valence-electron chi connectivity index (χ2n) is 5.53. The Bertz CT molecular complexity index is 378. The van der Waals surface area contributed by atoms with Gasteiger partial charge >= 0.3 is 12.0 Å². The summed E-state index contributed by atoms with van der Waals surface area (Å²) in [5.41, 5.74) is 0. The van der Waals surface area contributed by atoms with Crippen LogP contribution in [0.15, 0.2) is 0 Å². The first kappa shape index (κ1) is 17.3. The Morgan fingerprint density at radius 1 is 1.14 bits per heavy atom. The Morgan fingerprint density at radius 3 is 2.29 bits per heavy atom. The highest BCUT2D eigenvalue weighted by molar-refractivity contribution is 5.83. The minimum absolute atomic E-state index is 0.0120. The van der Waals surface area contributed by atoms with Crippen LogP contribution in [0.4, 0.5) is 4.79 Å². The number of hydrogen-bond acceptors (Lipinski definition) is 3. The first-order valence-electron chi connectivity index (χ1n) is 7.42. The number of hydrogen-bond donors (Lipinski definition) is 3. The second-order valence-corrected chi connectivity index (χ2v) is 5.53. The number of carbonyl (C=O) groups is 3. The van der Waals surface area contributed by atoms with Crippen molar-refractivity contribution in [3.05, 3.63) is 0 Å². The average molecular weight is 299 g/mol. The quantitative estimate of drug-likeness (QED) is 0.671. The fourth-order valence-electron chi connectivity index (χ4n) is 2.38. The predicted octanol–water partition coefficient (Wildman–Crippen LogP) is 0.655. The van der Waals surface area contributed by atoms with Crippen molar-refractivity contribution >= 4 is 17.9 Å². The summed E-state index contributed by atoms with van der Waals surface area (Å²) in [6.45, 7) is 2.98. The normalized spacial score (nSPS) is 21.4. The molecular formula is C14H25N3O4. The number of nitrogens with one attached hydrogen (secondary N) is 2. The molecule has 21 heavy (non-hydrogen) atoms. The topological polar surface area (TPSA) is 98.7 Å². The van der Waals surface area contributed by atoms with Gasteiger partial charge in [-0.3, -0.25) is 9.59 Å². The fraction of sp³-hybridized carbons (Fsp3) is 0.786.